The van der Waals surface area contributed by atoms with Gasteiger partial charge in [0.05, 0.1) is 17.0 Å². The van der Waals surface area contributed by atoms with E-state index in [1.807, 2.05) is 23.9 Å². The molecule has 6 nitrogen and oxygen atoms in total. The van der Waals surface area contributed by atoms with Gasteiger partial charge in [-0.25, -0.2) is 8.42 Å². The molecule has 0 saturated heterocycles. The first-order chi connectivity index (χ1) is 10.8. The second kappa shape index (κ2) is 7.25. The molecule has 0 amide bonds. The van der Waals surface area contributed by atoms with E-state index in [0.29, 0.717) is 12.1 Å². The third-order valence-corrected chi connectivity index (χ3v) is 5.12. The topological polar surface area (TPSA) is 84.2 Å². The Labute approximate surface area is 137 Å². The molecule has 0 bridgehead atoms. The molecule has 1 heterocycles. The lowest BCUT2D eigenvalue weighted by Crippen LogP contribution is -2.36. The van der Waals surface area contributed by atoms with Gasteiger partial charge in [0.1, 0.15) is 0 Å². The molecule has 2 N–H and O–H groups in total. The molecule has 0 aliphatic rings. The van der Waals surface area contributed by atoms with E-state index in [4.69, 9.17) is 0 Å². The van der Waals surface area contributed by atoms with Crippen LogP contribution in [0.2, 0.25) is 0 Å². The van der Waals surface area contributed by atoms with Gasteiger partial charge in [-0.1, -0.05) is 12.1 Å². The predicted octanol–water partition coefficient (Wildman–Crippen LogP) is 1.56. The van der Waals surface area contributed by atoms with Gasteiger partial charge in [-0.15, -0.1) is 0 Å². The van der Waals surface area contributed by atoms with E-state index in [1.165, 1.54) is 18.4 Å². The van der Waals surface area contributed by atoms with Gasteiger partial charge in [0.15, 0.2) is 9.84 Å². The molecule has 1 aromatic carbocycles. The van der Waals surface area contributed by atoms with Crippen molar-refractivity contribution in [1.82, 2.24) is 15.1 Å². The van der Waals surface area contributed by atoms with Crippen molar-refractivity contribution in [3.05, 3.63) is 48.3 Å². The van der Waals surface area contributed by atoms with Crippen LogP contribution in [0.5, 0.6) is 0 Å². The Morgan fingerprint density at radius 1 is 1.26 bits per heavy atom. The molecule has 126 valence electrons. The van der Waals surface area contributed by atoms with Crippen molar-refractivity contribution in [2.24, 2.45) is 0 Å². The monoisotopic (exact) mass is 337 g/mol. The summed E-state index contributed by atoms with van der Waals surface area (Å²) in [4.78, 5) is 0.252. The van der Waals surface area contributed by atoms with Crippen LogP contribution in [-0.2, 0) is 9.84 Å². The Balaban J connectivity index is 1.93. The van der Waals surface area contributed by atoms with Crippen LogP contribution >= 0.6 is 0 Å². The zero-order valence-electron chi connectivity index (χ0n) is 13.5. The summed E-state index contributed by atoms with van der Waals surface area (Å²) in [5.74, 6) is 0. The van der Waals surface area contributed by atoms with E-state index >= 15 is 0 Å². The molecule has 0 unspecified atom stereocenters. The average Bonchev–Trinajstić information content (AvgIpc) is 3.05. The summed E-state index contributed by atoms with van der Waals surface area (Å²) in [6, 6.07) is 8.48. The highest BCUT2D eigenvalue weighted by Gasteiger charge is 2.16. The van der Waals surface area contributed by atoms with Crippen LogP contribution in [0.15, 0.2) is 47.6 Å². The Morgan fingerprint density at radius 3 is 2.43 bits per heavy atom. The predicted molar refractivity (Wildman–Crippen MR) is 88.9 cm³/mol. The molecule has 3 atom stereocenters. The molecule has 0 aliphatic heterocycles. The Hall–Kier alpha value is -1.70. The van der Waals surface area contributed by atoms with Crippen LogP contribution in [0.1, 0.15) is 31.6 Å². The summed E-state index contributed by atoms with van der Waals surface area (Å²) < 4.78 is 24.7. The number of hydrogen-bond acceptors (Lipinski definition) is 5. The summed E-state index contributed by atoms with van der Waals surface area (Å²) in [7, 11) is -3.21. The number of nitrogens with zero attached hydrogens (tertiary/aromatic N) is 2. The minimum Gasteiger partial charge on any atom is -0.387 e. The SMILES string of the molecule is C[C@H](NC[C@@H](O)c1ccc(S(C)(=O)=O)cc1)[C@H](C)n1cccn1. The quantitative estimate of drug-likeness (QED) is 0.801. The molecular weight excluding hydrogens is 314 g/mol. The zero-order valence-corrected chi connectivity index (χ0v) is 14.4. The van der Waals surface area contributed by atoms with Crippen molar-refractivity contribution in [2.75, 3.05) is 12.8 Å². The molecule has 7 heteroatoms. The number of hydrogen-bond donors (Lipinski definition) is 2. The lowest BCUT2D eigenvalue weighted by atomic mass is 10.1. The normalized spacial score (nSPS) is 16.0. The molecule has 0 aliphatic carbocycles. The van der Waals surface area contributed by atoms with Gasteiger partial charge in [-0.2, -0.15) is 5.10 Å². The smallest absolute Gasteiger partial charge is 0.175 e. The van der Waals surface area contributed by atoms with Gasteiger partial charge in [-0.3, -0.25) is 4.68 Å². The van der Waals surface area contributed by atoms with Gasteiger partial charge in [0.25, 0.3) is 0 Å². The first-order valence-corrected chi connectivity index (χ1v) is 9.39. The highest BCUT2D eigenvalue weighted by Crippen LogP contribution is 2.17. The largest absolute Gasteiger partial charge is 0.387 e. The minimum atomic E-state index is -3.21. The molecular formula is C16H23N3O3S. The van der Waals surface area contributed by atoms with Crippen molar-refractivity contribution >= 4 is 9.84 Å². The first kappa shape index (κ1) is 17.7. The minimum absolute atomic E-state index is 0.125. The third kappa shape index (κ3) is 4.63. The lowest BCUT2D eigenvalue weighted by Gasteiger charge is -2.23. The maximum absolute atomic E-state index is 11.4. The van der Waals surface area contributed by atoms with E-state index in [-0.39, 0.29) is 17.0 Å². The summed E-state index contributed by atoms with van der Waals surface area (Å²) in [6.45, 7) is 4.47. The van der Waals surface area contributed by atoms with Crippen LogP contribution in [0.25, 0.3) is 0 Å². The second-order valence-electron chi connectivity index (χ2n) is 5.78. The number of aromatic nitrogens is 2. The van der Waals surface area contributed by atoms with Crippen LogP contribution < -0.4 is 5.32 Å². The van der Waals surface area contributed by atoms with Gasteiger partial charge >= 0.3 is 0 Å². The molecule has 2 aromatic rings. The van der Waals surface area contributed by atoms with Crippen LogP contribution in [0.4, 0.5) is 0 Å². The number of benzene rings is 1. The first-order valence-electron chi connectivity index (χ1n) is 7.49. The molecule has 0 fully saturated rings. The van der Waals surface area contributed by atoms with E-state index in [1.54, 1.807) is 18.3 Å². The molecule has 0 saturated carbocycles. The van der Waals surface area contributed by atoms with E-state index in [9.17, 15) is 13.5 Å². The molecule has 2 rings (SSSR count). The number of sulfone groups is 1. The Morgan fingerprint density at radius 2 is 1.91 bits per heavy atom. The fourth-order valence-corrected chi connectivity index (χ4v) is 2.90. The number of aliphatic hydroxyl groups excluding tert-OH is 1. The summed E-state index contributed by atoms with van der Waals surface area (Å²) in [6.07, 6.45) is 4.11. The Bertz CT molecular complexity index is 712. The highest BCUT2D eigenvalue weighted by atomic mass is 32.2. The molecule has 0 spiro atoms. The maximum atomic E-state index is 11.4. The van der Waals surface area contributed by atoms with Crippen molar-refractivity contribution < 1.29 is 13.5 Å². The van der Waals surface area contributed by atoms with Crippen LogP contribution in [0.3, 0.4) is 0 Å². The van der Waals surface area contributed by atoms with Gasteiger partial charge in [-0.05, 0) is 37.6 Å². The average molecular weight is 337 g/mol. The third-order valence-electron chi connectivity index (χ3n) is 3.99. The molecule has 0 radical (unpaired) electrons. The lowest BCUT2D eigenvalue weighted by molar-refractivity contribution is 0.165. The fraction of sp³-hybridized carbons (Fsp3) is 0.438. The summed E-state index contributed by atoms with van der Waals surface area (Å²) in [5.41, 5.74) is 0.684. The van der Waals surface area contributed by atoms with Crippen LogP contribution in [-0.4, -0.2) is 42.1 Å². The molecule has 23 heavy (non-hydrogen) atoms. The van der Waals surface area contributed by atoms with E-state index in [2.05, 4.69) is 17.3 Å². The number of nitrogens with one attached hydrogen (secondary N) is 1. The number of aliphatic hydroxyl groups is 1. The van der Waals surface area contributed by atoms with Gasteiger partial charge in [0.2, 0.25) is 0 Å². The van der Waals surface area contributed by atoms with Crippen molar-refractivity contribution in [3.63, 3.8) is 0 Å². The van der Waals surface area contributed by atoms with Crippen LogP contribution in [0, 0.1) is 0 Å². The standard InChI is InChI=1S/C16H23N3O3S/c1-12(13(2)19-10-4-9-18-19)17-11-16(20)14-5-7-15(8-6-14)23(3,21)22/h4-10,12-13,16-17,20H,11H2,1-3H3/t12-,13-,16+/m0/s1. The van der Waals surface area contributed by atoms with Gasteiger partial charge in [0, 0.05) is 31.2 Å². The maximum Gasteiger partial charge on any atom is 0.175 e. The van der Waals surface area contributed by atoms with Crippen molar-refractivity contribution in [3.8, 4) is 0 Å². The summed E-state index contributed by atoms with van der Waals surface area (Å²) >= 11 is 0. The van der Waals surface area contributed by atoms with E-state index in [0.717, 1.165) is 0 Å². The van der Waals surface area contributed by atoms with Crippen molar-refractivity contribution in [2.45, 2.75) is 36.9 Å². The van der Waals surface area contributed by atoms with Gasteiger partial charge < -0.3 is 10.4 Å². The van der Waals surface area contributed by atoms with Crippen molar-refractivity contribution in [1.29, 1.82) is 0 Å². The summed E-state index contributed by atoms with van der Waals surface area (Å²) in [5, 5.41) is 17.7. The zero-order chi connectivity index (χ0) is 17.0. The van der Waals surface area contributed by atoms with E-state index < -0.39 is 15.9 Å². The second-order valence-corrected chi connectivity index (χ2v) is 7.80. The number of rotatable bonds is 7. The Kier molecular flexibility index (Phi) is 5.56. The fourth-order valence-electron chi connectivity index (χ4n) is 2.27. The molecule has 1 aromatic heterocycles. The highest BCUT2D eigenvalue weighted by molar-refractivity contribution is 7.90.